The summed E-state index contributed by atoms with van der Waals surface area (Å²) in [4.78, 5) is 0. The maximum atomic E-state index is 10.9. The first-order chi connectivity index (χ1) is 6.53. The minimum absolute atomic E-state index is 0.639. The molecular formula is C10H13NO2S. The van der Waals surface area contributed by atoms with Crippen molar-refractivity contribution in [1.29, 1.82) is 0 Å². The highest BCUT2D eigenvalue weighted by molar-refractivity contribution is 7.92. The monoisotopic (exact) mass is 211 g/mol. The number of nitrogens with two attached hydrogens (primary N) is 1. The Balaban J connectivity index is 3.12. The van der Waals surface area contributed by atoms with Gasteiger partial charge in [-0.2, -0.15) is 0 Å². The number of primary sulfonamides is 1. The highest BCUT2D eigenvalue weighted by Crippen LogP contribution is 2.17. The molecule has 0 saturated heterocycles. The lowest BCUT2D eigenvalue weighted by molar-refractivity contribution is 0.606. The molecular weight excluding hydrogens is 198 g/mol. The van der Waals surface area contributed by atoms with Crippen molar-refractivity contribution in [2.45, 2.75) is 13.3 Å². The summed E-state index contributed by atoms with van der Waals surface area (Å²) in [6, 6.07) is 9.33. The van der Waals surface area contributed by atoms with E-state index in [1.54, 1.807) is 0 Å². The van der Waals surface area contributed by atoms with Gasteiger partial charge in [0, 0.05) is 5.41 Å². The molecule has 14 heavy (non-hydrogen) atoms. The van der Waals surface area contributed by atoms with Crippen molar-refractivity contribution < 1.29 is 8.42 Å². The molecule has 0 bridgehead atoms. The number of allylic oxidation sites excluding steroid dienone is 1. The molecule has 0 amide bonds. The van der Waals surface area contributed by atoms with Gasteiger partial charge in [0.15, 0.2) is 0 Å². The van der Waals surface area contributed by atoms with Gasteiger partial charge in [0.2, 0.25) is 10.0 Å². The van der Waals surface area contributed by atoms with Crippen LogP contribution in [0.4, 0.5) is 0 Å². The number of sulfonamides is 1. The minimum atomic E-state index is -3.55. The Kier molecular flexibility index (Phi) is 3.43. The SMILES string of the molecule is CC/C(=C/S(N)(=O)=O)c1ccccc1. The topological polar surface area (TPSA) is 60.2 Å². The molecule has 0 radical (unpaired) electrons. The van der Waals surface area contributed by atoms with Gasteiger partial charge in [0.25, 0.3) is 0 Å². The maximum absolute atomic E-state index is 10.9. The lowest BCUT2D eigenvalue weighted by atomic mass is 10.1. The summed E-state index contributed by atoms with van der Waals surface area (Å²) in [5.41, 5.74) is 1.62. The first-order valence-electron chi connectivity index (χ1n) is 4.31. The fourth-order valence-corrected chi connectivity index (χ4v) is 1.91. The van der Waals surface area contributed by atoms with Crippen molar-refractivity contribution in [2.75, 3.05) is 0 Å². The van der Waals surface area contributed by atoms with Gasteiger partial charge in [0.05, 0.1) is 0 Å². The zero-order chi connectivity index (χ0) is 10.6. The smallest absolute Gasteiger partial charge is 0.225 e. The Bertz CT molecular complexity index is 421. The molecule has 0 saturated carbocycles. The summed E-state index contributed by atoms with van der Waals surface area (Å²) in [5, 5.41) is 6.06. The van der Waals surface area contributed by atoms with Crippen LogP contribution in [0.3, 0.4) is 0 Å². The van der Waals surface area contributed by atoms with Crippen LogP contribution in [0.2, 0.25) is 0 Å². The van der Waals surface area contributed by atoms with Crippen LogP contribution in [0.15, 0.2) is 35.7 Å². The molecule has 1 aromatic rings. The second-order valence-corrected chi connectivity index (χ2v) is 4.37. The van der Waals surface area contributed by atoms with Crippen molar-refractivity contribution in [3.63, 3.8) is 0 Å². The Morgan fingerprint density at radius 1 is 1.36 bits per heavy atom. The van der Waals surface area contributed by atoms with E-state index in [0.29, 0.717) is 6.42 Å². The molecule has 3 nitrogen and oxygen atoms in total. The highest BCUT2D eigenvalue weighted by Gasteiger charge is 2.03. The predicted molar refractivity (Wildman–Crippen MR) is 57.8 cm³/mol. The van der Waals surface area contributed by atoms with Crippen LogP contribution in [0, 0.1) is 0 Å². The molecule has 2 N–H and O–H groups in total. The fraction of sp³-hybridized carbons (Fsp3) is 0.200. The third-order valence-corrected chi connectivity index (χ3v) is 2.45. The molecule has 0 unspecified atom stereocenters. The third kappa shape index (κ3) is 3.32. The van der Waals surface area contributed by atoms with E-state index in [1.807, 2.05) is 37.3 Å². The second-order valence-electron chi connectivity index (χ2n) is 2.95. The summed E-state index contributed by atoms with van der Waals surface area (Å²) in [6.07, 6.45) is 0.639. The van der Waals surface area contributed by atoms with Crippen molar-refractivity contribution in [1.82, 2.24) is 0 Å². The average molecular weight is 211 g/mol. The zero-order valence-corrected chi connectivity index (χ0v) is 8.79. The molecule has 0 aliphatic heterocycles. The van der Waals surface area contributed by atoms with E-state index in [-0.39, 0.29) is 0 Å². The van der Waals surface area contributed by atoms with Gasteiger partial charge in [-0.3, -0.25) is 0 Å². The van der Waals surface area contributed by atoms with Gasteiger partial charge in [-0.1, -0.05) is 37.3 Å². The van der Waals surface area contributed by atoms with E-state index in [0.717, 1.165) is 16.5 Å². The molecule has 0 spiro atoms. The van der Waals surface area contributed by atoms with Crippen LogP contribution in [0.25, 0.3) is 5.57 Å². The highest BCUT2D eigenvalue weighted by atomic mass is 32.2. The lowest BCUT2D eigenvalue weighted by Gasteiger charge is -2.03. The van der Waals surface area contributed by atoms with Gasteiger partial charge in [-0.15, -0.1) is 0 Å². The Labute approximate surface area is 84.3 Å². The molecule has 1 aromatic carbocycles. The minimum Gasteiger partial charge on any atom is -0.225 e. The molecule has 0 fully saturated rings. The molecule has 0 heterocycles. The van der Waals surface area contributed by atoms with Gasteiger partial charge < -0.3 is 0 Å². The first-order valence-corrected chi connectivity index (χ1v) is 5.92. The van der Waals surface area contributed by atoms with E-state index >= 15 is 0 Å². The molecule has 4 heteroatoms. The van der Waals surface area contributed by atoms with E-state index in [1.165, 1.54) is 0 Å². The van der Waals surface area contributed by atoms with E-state index in [4.69, 9.17) is 5.14 Å². The first kappa shape index (κ1) is 10.9. The quantitative estimate of drug-likeness (QED) is 0.827. The number of hydrogen-bond acceptors (Lipinski definition) is 2. The average Bonchev–Trinajstić information content (AvgIpc) is 2.14. The largest absolute Gasteiger partial charge is 0.231 e. The van der Waals surface area contributed by atoms with Crippen LogP contribution in [-0.4, -0.2) is 8.42 Å². The molecule has 0 aliphatic carbocycles. The lowest BCUT2D eigenvalue weighted by Crippen LogP contribution is -2.08. The fourth-order valence-electron chi connectivity index (χ4n) is 1.21. The summed E-state index contributed by atoms with van der Waals surface area (Å²) < 4.78 is 21.8. The van der Waals surface area contributed by atoms with Gasteiger partial charge in [0.1, 0.15) is 0 Å². The van der Waals surface area contributed by atoms with E-state index in [9.17, 15) is 8.42 Å². The van der Waals surface area contributed by atoms with Gasteiger partial charge in [-0.05, 0) is 17.6 Å². The van der Waals surface area contributed by atoms with Gasteiger partial charge >= 0.3 is 0 Å². The van der Waals surface area contributed by atoms with Crippen molar-refractivity contribution >= 4 is 15.6 Å². The van der Waals surface area contributed by atoms with Crippen LogP contribution in [0.5, 0.6) is 0 Å². The molecule has 0 aromatic heterocycles. The van der Waals surface area contributed by atoms with Crippen molar-refractivity contribution in [3.8, 4) is 0 Å². The zero-order valence-electron chi connectivity index (χ0n) is 7.97. The van der Waals surface area contributed by atoms with Crippen LogP contribution in [-0.2, 0) is 10.0 Å². The molecule has 1 rings (SSSR count). The second kappa shape index (κ2) is 4.39. The molecule has 76 valence electrons. The number of benzene rings is 1. The summed E-state index contributed by atoms with van der Waals surface area (Å²) in [7, 11) is -3.55. The standard InChI is InChI=1S/C10H13NO2S/c1-2-9(8-14(11,12)13)10-6-4-3-5-7-10/h3-8H,2H2,1H3,(H2,11,12,13)/b9-8-. The Hall–Kier alpha value is -1.13. The van der Waals surface area contributed by atoms with E-state index in [2.05, 4.69) is 0 Å². The summed E-state index contributed by atoms with van der Waals surface area (Å²) >= 11 is 0. The Morgan fingerprint density at radius 3 is 2.36 bits per heavy atom. The van der Waals surface area contributed by atoms with Gasteiger partial charge in [-0.25, -0.2) is 13.6 Å². The summed E-state index contributed by atoms with van der Waals surface area (Å²) in [6.45, 7) is 1.89. The predicted octanol–water partition coefficient (Wildman–Crippen LogP) is 1.73. The Morgan fingerprint density at radius 2 is 1.93 bits per heavy atom. The number of rotatable bonds is 3. The van der Waals surface area contributed by atoms with Crippen molar-refractivity contribution in [3.05, 3.63) is 41.3 Å². The number of hydrogen-bond donors (Lipinski definition) is 1. The van der Waals surface area contributed by atoms with Crippen molar-refractivity contribution in [2.24, 2.45) is 5.14 Å². The third-order valence-electron chi connectivity index (χ3n) is 1.83. The molecule has 0 aliphatic rings. The van der Waals surface area contributed by atoms with Crippen LogP contribution < -0.4 is 5.14 Å². The summed E-state index contributed by atoms with van der Waals surface area (Å²) in [5.74, 6) is 0. The van der Waals surface area contributed by atoms with Crippen LogP contribution >= 0.6 is 0 Å². The van der Waals surface area contributed by atoms with E-state index < -0.39 is 10.0 Å². The maximum Gasteiger partial charge on any atom is 0.231 e. The molecule has 0 atom stereocenters. The normalized spacial score (nSPS) is 12.9. The van der Waals surface area contributed by atoms with Crippen LogP contribution in [0.1, 0.15) is 18.9 Å².